The summed E-state index contributed by atoms with van der Waals surface area (Å²) < 4.78 is 14.8. The van der Waals surface area contributed by atoms with E-state index in [-0.39, 0.29) is 11.6 Å². The topological polar surface area (TPSA) is 34.9 Å². The van der Waals surface area contributed by atoms with Gasteiger partial charge in [0, 0.05) is 17.3 Å². The Kier molecular flexibility index (Phi) is 4.77. The number of carbonyl (C=O) groups is 1. The van der Waals surface area contributed by atoms with Crippen LogP contribution in [0.5, 0.6) is 0 Å². The Labute approximate surface area is 160 Å². The molecule has 0 aliphatic rings. The molecule has 27 heavy (non-hydrogen) atoms. The highest BCUT2D eigenvalue weighted by Crippen LogP contribution is 2.28. The van der Waals surface area contributed by atoms with E-state index in [4.69, 9.17) is 5.10 Å². The van der Waals surface area contributed by atoms with Crippen molar-refractivity contribution in [2.75, 3.05) is 0 Å². The number of thiophene rings is 1. The Morgan fingerprint density at radius 2 is 1.78 bits per heavy atom. The van der Waals surface area contributed by atoms with Gasteiger partial charge in [-0.25, -0.2) is 9.07 Å². The predicted molar refractivity (Wildman–Crippen MR) is 107 cm³/mol. The van der Waals surface area contributed by atoms with E-state index in [0.29, 0.717) is 5.56 Å². The number of ketones is 1. The van der Waals surface area contributed by atoms with Gasteiger partial charge in [0.15, 0.2) is 5.78 Å². The van der Waals surface area contributed by atoms with Crippen LogP contribution in [0.2, 0.25) is 0 Å². The Morgan fingerprint density at radius 3 is 2.48 bits per heavy atom. The van der Waals surface area contributed by atoms with Crippen molar-refractivity contribution in [3.63, 3.8) is 0 Å². The van der Waals surface area contributed by atoms with Crippen molar-refractivity contribution >= 4 is 23.2 Å². The summed E-state index contributed by atoms with van der Waals surface area (Å²) in [5.74, 6) is -0.542. The number of rotatable bonds is 5. The fraction of sp³-hybridized carbons (Fsp3) is 0. The zero-order valence-corrected chi connectivity index (χ0v) is 15.1. The standard InChI is InChI=1S/C22H15FN2OS/c23-18-11-8-16(9-12-18)20(26)13-10-17-15-25(19-5-2-1-3-6-19)24-22(17)21-7-4-14-27-21/h1-15H. The minimum Gasteiger partial charge on any atom is -0.289 e. The molecule has 0 radical (unpaired) electrons. The molecule has 132 valence electrons. The summed E-state index contributed by atoms with van der Waals surface area (Å²) in [5.41, 5.74) is 3.05. The van der Waals surface area contributed by atoms with Crippen molar-refractivity contribution in [2.45, 2.75) is 0 Å². The smallest absolute Gasteiger partial charge is 0.185 e. The summed E-state index contributed by atoms with van der Waals surface area (Å²) in [6.07, 6.45) is 5.16. The lowest BCUT2D eigenvalue weighted by Gasteiger charge is -1.99. The third-order valence-corrected chi connectivity index (χ3v) is 4.94. The number of aromatic nitrogens is 2. The van der Waals surface area contributed by atoms with Crippen LogP contribution in [0.15, 0.2) is 84.4 Å². The zero-order valence-electron chi connectivity index (χ0n) is 14.2. The molecule has 0 aliphatic heterocycles. The number of hydrogen-bond donors (Lipinski definition) is 0. The molecule has 4 rings (SSSR count). The minimum atomic E-state index is -0.361. The van der Waals surface area contributed by atoms with Crippen LogP contribution in [-0.4, -0.2) is 15.6 Å². The molecule has 0 spiro atoms. The molecule has 2 aromatic heterocycles. The summed E-state index contributed by atoms with van der Waals surface area (Å²) in [6, 6.07) is 19.3. The van der Waals surface area contributed by atoms with E-state index in [1.54, 1.807) is 22.1 Å². The summed E-state index contributed by atoms with van der Waals surface area (Å²) in [7, 11) is 0. The lowest BCUT2D eigenvalue weighted by atomic mass is 10.1. The van der Waals surface area contributed by atoms with Crippen LogP contribution in [0.1, 0.15) is 15.9 Å². The van der Waals surface area contributed by atoms with Gasteiger partial charge in [0.05, 0.1) is 10.6 Å². The third kappa shape index (κ3) is 3.78. The van der Waals surface area contributed by atoms with Crippen LogP contribution in [0, 0.1) is 5.82 Å². The molecule has 0 amide bonds. The van der Waals surface area contributed by atoms with Crippen molar-refractivity contribution < 1.29 is 9.18 Å². The summed E-state index contributed by atoms with van der Waals surface area (Å²) in [4.78, 5) is 13.4. The van der Waals surface area contributed by atoms with Gasteiger partial charge >= 0.3 is 0 Å². The van der Waals surface area contributed by atoms with Gasteiger partial charge in [0.1, 0.15) is 11.5 Å². The molecule has 3 nitrogen and oxygen atoms in total. The Morgan fingerprint density at radius 1 is 1.00 bits per heavy atom. The predicted octanol–water partition coefficient (Wildman–Crippen LogP) is 5.64. The second kappa shape index (κ2) is 7.51. The monoisotopic (exact) mass is 374 g/mol. The first-order chi connectivity index (χ1) is 13.2. The minimum absolute atomic E-state index is 0.181. The number of benzene rings is 2. The quantitative estimate of drug-likeness (QED) is 0.335. The summed E-state index contributed by atoms with van der Waals surface area (Å²) >= 11 is 1.59. The van der Waals surface area contributed by atoms with Crippen LogP contribution in [0.3, 0.4) is 0 Å². The third-order valence-electron chi connectivity index (χ3n) is 4.06. The van der Waals surface area contributed by atoms with Crippen LogP contribution < -0.4 is 0 Å². The van der Waals surface area contributed by atoms with Crippen LogP contribution >= 0.6 is 11.3 Å². The van der Waals surface area contributed by atoms with Crippen LogP contribution in [0.25, 0.3) is 22.3 Å². The molecule has 2 aromatic carbocycles. The van der Waals surface area contributed by atoms with Crippen molar-refractivity contribution in [1.29, 1.82) is 0 Å². The van der Waals surface area contributed by atoms with Gasteiger partial charge in [-0.15, -0.1) is 11.3 Å². The maximum Gasteiger partial charge on any atom is 0.185 e. The first kappa shape index (κ1) is 17.1. The van der Waals surface area contributed by atoms with Gasteiger partial charge in [-0.1, -0.05) is 24.3 Å². The van der Waals surface area contributed by atoms with Gasteiger partial charge < -0.3 is 0 Å². The molecule has 0 atom stereocenters. The number of carbonyl (C=O) groups excluding carboxylic acids is 1. The molecular weight excluding hydrogens is 359 g/mol. The number of allylic oxidation sites excluding steroid dienone is 1. The van der Waals surface area contributed by atoms with Gasteiger partial charge in [0.2, 0.25) is 0 Å². The summed E-state index contributed by atoms with van der Waals surface area (Å²) in [5, 5.41) is 6.69. The second-order valence-electron chi connectivity index (χ2n) is 5.89. The van der Waals surface area contributed by atoms with Gasteiger partial charge in [-0.3, -0.25) is 4.79 Å². The normalized spacial score (nSPS) is 11.1. The maximum absolute atomic E-state index is 13.0. The average Bonchev–Trinajstić information content (AvgIpc) is 3.37. The van der Waals surface area contributed by atoms with Gasteiger partial charge in [-0.2, -0.15) is 5.10 Å². The SMILES string of the molecule is O=C(C=Cc1cn(-c2ccccc2)nc1-c1cccs1)c1ccc(F)cc1. The molecular formula is C22H15FN2OS. The molecule has 5 heteroatoms. The number of para-hydroxylation sites is 1. The van der Waals surface area contributed by atoms with Gasteiger partial charge in [0.25, 0.3) is 0 Å². The van der Waals surface area contributed by atoms with Crippen molar-refractivity contribution in [2.24, 2.45) is 0 Å². The molecule has 0 aliphatic carbocycles. The molecule has 0 bridgehead atoms. The van der Waals surface area contributed by atoms with E-state index in [2.05, 4.69) is 0 Å². The first-order valence-corrected chi connectivity index (χ1v) is 9.25. The van der Waals surface area contributed by atoms with Crippen molar-refractivity contribution in [3.8, 4) is 16.3 Å². The Bertz CT molecular complexity index is 1080. The van der Waals surface area contributed by atoms with E-state index in [0.717, 1.165) is 21.8 Å². The van der Waals surface area contributed by atoms with E-state index >= 15 is 0 Å². The lowest BCUT2D eigenvalue weighted by molar-refractivity contribution is 0.104. The number of hydrogen-bond acceptors (Lipinski definition) is 3. The fourth-order valence-electron chi connectivity index (χ4n) is 2.70. The molecule has 0 N–H and O–H groups in total. The van der Waals surface area contributed by atoms with E-state index in [1.807, 2.05) is 54.0 Å². The number of nitrogens with zero attached hydrogens (tertiary/aromatic N) is 2. The Balaban J connectivity index is 1.69. The molecule has 2 heterocycles. The van der Waals surface area contributed by atoms with Crippen LogP contribution in [0.4, 0.5) is 4.39 Å². The van der Waals surface area contributed by atoms with E-state index in [1.165, 1.54) is 30.3 Å². The van der Waals surface area contributed by atoms with Crippen molar-refractivity contribution in [1.82, 2.24) is 9.78 Å². The van der Waals surface area contributed by atoms with Gasteiger partial charge in [-0.05, 0) is 60.0 Å². The molecule has 0 unspecified atom stereocenters. The zero-order chi connectivity index (χ0) is 18.6. The fourth-order valence-corrected chi connectivity index (χ4v) is 3.43. The molecule has 0 saturated heterocycles. The average molecular weight is 374 g/mol. The van der Waals surface area contributed by atoms with E-state index in [9.17, 15) is 9.18 Å². The molecule has 0 fully saturated rings. The lowest BCUT2D eigenvalue weighted by Crippen LogP contribution is -1.93. The highest BCUT2D eigenvalue weighted by molar-refractivity contribution is 7.13. The highest BCUT2D eigenvalue weighted by atomic mass is 32.1. The largest absolute Gasteiger partial charge is 0.289 e. The highest BCUT2D eigenvalue weighted by Gasteiger charge is 2.12. The Hall–Kier alpha value is -3.31. The first-order valence-electron chi connectivity index (χ1n) is 8.38. The molecule has 4 aromatic rings. The van der Waals surface area contributed by atoms with Crippen molar-refractivity contribution in [3.05, 3.63) is 101 Å². The summed E-state index contributed by atoms with van der Waals surface area (Å²) in [6.45, 7) is 0. The number of halogens is 1. The molecule has 0 saturated carbocycles. The second-order valence-corrected chi connectivity index (χ2v) is 6.84. The van der Waals surface area contributed by atoms with E-state index < -0.39 is 0 Å². The maximum atomic E-state index is 13.0. The van der Waals surface area contributed by atoms with Crippen LogP contribution in [-0.2, 0) is 0 Å².